The van der Waals surface area contributed by atoms with E-state index in [-0.39, 0.29) is 12.0 Å². The zero-order chi connectivity index (χ0) is 24.3. The first kappa shape index (κ1) is 23.7. The lowest BCUT2D eigenvalue weighted by molar-refractivity contribution is -0.154. The van der Waals surface area contributed by atoms with Gasteiger partial charge in [0.1, 0.15) is 0 Å². The van der Waals surface area contributed by atoms with Gasteiger partial charge < -0.3 is 19.2 Å². The standard InChI is InChI=1S/C29H36N2O4/c1-29(28(32)31-16-14-22(15-17-31)18-21-8-4-3-5-9-21)20-25(30-35-29)23-12-13-26(33-2)27(19-23)34-24-10-6-7-11-24/h3-5,8-9,12-13,19,22,24H,6-7,10-11,14-18,20H2,1-2H3. The minimum Gasteiger partial charge on any atom is -0.493 e. The van der Waals surface area contributed by atoms with Crippen molar-refractivity contribution in [2.75, 3.05) is 20.2 Å². The second kappa shape index (κ2) is 10.3. The largest absolute Gasteiger partial charge is 0.493 e. The highest BCUT2D eigenvalue weighted by Crippen LogP contribution is 2.36. The van der Waals surface area contributed by atoms with Crippen molar-refractivity contribution >= 4 is 11.6 Å². The molecule has 5 rings (SSSR count). The fourth-order valence-electron chi connectivity index (χ4n) is 5.57. The number of nitrogens with zero attached hydrogens (tertiary/aromatic N) is 2. The van der Waals surface area contributed by atoms with Crippen molar-refractivity contribution in [1.82, 2.24) is 4.90 Å². The quantitative estimate of drug-likeness (QED) is 0.538. The summed E-state index contributed by atoms with van der Waals surface area (Å²) in [6.07, 6.45) is 8.36. The van der Waals surface area contributed by atoms with Crippen molar-refractivity contribution in [2.45, 2.75) is 70.0 Å². The van der Waals surface area contributed by atoms with E-state index < -0.39 is 5.60 Å². The summed E-state index contributed by atoms with van der Waals surface area (Å²) >= 11 is 0. The van der Waals surface area contributed by atoms with Crippen LogP contribution in [0.2, 0.25) is 0 Å². The third kappa shape index (κ3) is 5.31. The van der Waals surface area contributed by atoms with Gasteiger partial charge in [0.05, 0.1) is 18.9 Å². The van der Waals surface area contributed by atoms with E-state index in [1.165, 1.54) is 18.4 Å². The van der Waals surface area contributed by atoms with Gasteiger partial charge in [0, 0.05) is 25.1 Å². The number of oxime groups is 1. The van der Waals surface area contributed by atoms with Crippen molar-refractivity contribution in [2.24, 2.45) is 11.1 Å². The molecule has 1 atom stereocenters. The van der Waals surface area contributed by atoms with Crippen LogP contribution in [0.25, 0.3) is 0 Å². The van der Waals surface area contributed by atoms with Gasteiger partial charge in [0.15, 0.2) is 11.5 Å². The molecule has 3 aliphatic rings. The number of hydrogen-bond donors (Lipinski definition) is 0. The summed E-state index contributed by atoms with van der Waals surface area (Å²) in [5, 5.41) is 4.35. The maximum Gasteiger partial charge on any atom is 0.269 e. The third-order valence-corrected chi connectivity index (χ3v) is 7.68. The van der Waals surface area contributed by atoms with Gasteiger partial charge in [-0.2, -0.15) is 0 Å². The number of rotatable bonds is 7. The van der Waals surface area contributed by atoms with Crippen LogP contribution in [0.5, 0.6) is 11.5 Å². The Balaban J connectivity index is 1.20. The zero-order valence-electron chi connectivity index (χ0n) is 20.9. The Labute approximate surface area is 208 Å². The monoisotopic (exact) mass is 476 g/mol. The molecule has 2 aromatic carbocycles. The first-order valence-electron chi connectivity index (χ1n) is 13.0. The molecule has 0 N–H and O–H groups in total. The van der Waals surface area contributed by atoms with E-state index in [1.807, 2.05) is 30.0 Å². The number of methoxy groups -OCH3 is 1. The van der Waals surface area contributed by atoms with E-state index in [9.17, 15) is 4.79 Å². The molecule has 0 radical (unpaired) electrons. The van der Waals surface area contributed by atoms with Crippen LogP contribution in [0.3, 0.4) is 0 Å². The molecule has 186 valence electrons. The number of piperidine rings is 1. The number of hydrogen-bond acceptors (Lipinski definition) is 5. The molecule has 1 amide bonds. The lowest BCUT2D eigenvalue weighted by Gasteiger charge is -2.35. The van der Waals surface area contributed by atoms with Crippen molar-refractivity contribution in [1.29, 1.82) is 0 Å². The van der Waals surface area contributed by atoms with E-state index in [4.69, 9.17) is 14.3 Å². The van der Waals surface area contributed by atoms with Gasteiger partial charge in [0.2, 0.25) is 5.60 Å². The van der Waals surface area contributed by atoms with Gasteiger partial charge in [-0.25, -0.2) is 0 Å². The molecule has 6 heteroatoms. The molecule has 0 aromatic heterocycles. The Bertz CT molecular complexity index is 1060. The first-order chi connectivity index (χ1) is 17.0. The second-order valence-electron chi connectivity index (χ2n) is 10.4. The summed E-state index contributed by atoms with van der Waals surface area (Å²) in [6.45, 7) is 3.40. The predicted octanol–water partition coefficient (Wildman–Crippen LogP) is 5.38. The highest BCUT2D eigenvalue weighted by atomic mass is 16.7. The first-order valence-corrected chi connectivity index (χ1v) is 13.0. The molecule has 35 heavy (non-hydrogen) atoms. The Morgan fingerprint density at radius 2 is 1.80 bits per heavy atom. The smallest absolute Gasteiger partial charge is 0.269 e. The van der Waals surface area contributed by atoms with Crippen molar-refractivity contribution in [3.63, 3.8) is 0 Å². The summed E-state index contributed by atoms with van der Waals surface area (Å²) < 4.78 is 11.8. The Hall–Kier alpha value is -3.02. The molecular formula is C29H36N2O4. The molecule has 0 bridgehead atoms. The number of ether oxygens (including phenoxy) is 2. The van der Waals surface area contributed by atoms with E-state index in [0.717, 1.165) is 68.0 Å². The zero-order valence-corrected chi connectivity index (χ0v) is 20.9. The molecule has 1 saturated carbocycles. The number of amides is 1. The molecule has 2 heterocycles. The molecular weight excluding hydrogens is 440 g/mol. The Morgan fingerprint density at radius 1 is 1.06 bits per heavy atom. The molecule has 1 unspecified atom stereocenters. The number of benzene rings is 2. The van der Waals surface area contributed by atoms with Crippen molar-refractivity contribution in [3.8, 4) is 11.5 Å². The normalized spacial score (nSPS) is 23.1. The van der Waals surface area contributed by atoms with Crippen LogP contribution in [-0.4, -0.2) is 48.4 Å². The average Bonchev–Trinajstić information content (AvgIpc) is 3.55. The van der Waals surface area contributed by atoms with E-state index in [0.29, 0.717) is 12.3 Å². The highest BCUT2D eigenvalue weighted by Gasteiger charge is 2.45. The topological polar surface area (TPSA) is 60.4 Å². The van der Waals surface area contributed by atoms with Gasteiger partial charge in [-0.3, -0.25) is 4.79 Å². The molecule has 1 saturated heterocycles. The summed E-state index contributed by atoms with van der Waals surface area (Å²) in [4.78, 5) is 21.2. The number of carbonyl (C=O) groups excluding carboxylic acids is 1. The molecule has 2 aromatic rings. The molecule has 6 nitrogen and oxygen atoms in total. The lowest BCUT2D eigenvalue weighted by Crippen LogP contribution is -2.50. The third-order valence-electron chi connectivity index (χ3n) is 7.68. The summed E-state index contributed by atoms with van der Waals surface area (Å²) in [5.74, 6) is 2.10. The average molecular weight is 477 g/mol. The number of likely N-dealkylation sites (tertiary alicyclic amines) is 1. The number of carbonyl (C=O) groups is 1. The molecule has 1 aliphatic carbocycles. The summed E-state index contributed by atoms with van der Waals surface area (Å²) in [7, 11) is 1.66. The predicted molar refractivity (Wildman–Crippen MR) is 136 cm³/mol. The van der Waals surface area contributed by atoms with Crippen LogP contribution in [0, 0.1) is 5.92 Å². The van der Waals surface area contributed by atoms with Gasteiger partial charge in [-0.05, 0) is 81.5 Å². The van der Waals surface area contributed by atoms with E-state index in [2.05, 4.69) is 35.5 Å². The van der Waals surface area contributed by atoms with Crippen molar-refractivity contribution < 1.29 is 19.1 Å². The van der Waals surface area contributed by atoms with Crippen LogP contribution in [0.1, 0.15) is 63.0 Å². The van der Waals surface area contributed by atoms with Crippen LogP contribution >= 0.6 is 0 Å². The van der Waals surface area contributed by atoms with Crippen LogP contribution in [0.4, 0.5) is 0 Å². The van der Waals surface area contributed by atoms with Crippen LogP contribution in [0.15, 0.2) is 53.7 Å². The van der Waals surface area contributed by atoms with E-state index in [1.54, 1.807) is 7.11 Å². The molecule has 0 spiro atoms. The summed E-state index contributed by atoms with van der Waals surface area (Å²) in [6, 6.07) is 16.5. The minimum atomic E-state index is -0.964. The van der Waals surface area contributed by atoms with Gasteiger partial charge in [-0.15, -0.1) is 0 Å². The fraction of sp³-hybridized carbons (Fsp3) is 0.517. The van der Waals surface area contributed by atoms with Crippen LogP contribution < -0.4 is 9.47 Å². The Kier molecular flexibility index (Phi) is 6.98. The minimum absolute atomic E-state index is 0.0327. The SMILES string of the molecule is COc1ccc(C2=NOC(C)(C(=O)N3CCC(Cc4ccccc4)CC3)C2)cc1OC1CCCC1. The fourth-order valence-corrected chi connectivity index (χ4v) is 5.57. The molecule has 2 fully saturated rings. The van der Waals surface area contributed by atoms with Crippen molar-refractivity contribution in [3.05, 3.63) is 59.7 Å². The van der Waals surface area contributed by atoms with Gasteiger partial charge in [0.25, 0.3) is 5.91 Å². The van der Waals surface area contributed by atoms with Gasteiger partial charge >= 0.3 is 0 Å². The lowest BCUT2D eigenvalue weighted by atomic mass is 9.88. The van der Waals surface area contributed by atoms with E-state index >= 15 is 0 Å². The maximum absolute atomic E-state index is 13.4. The Morgan fingerprint density at radius 3 is 2.51 bits per heavy atom. The highest BCUT2D eigenvalue weighted by molar-refractivity contribution is 6.05. The molecule has 2 aliphatic heterocycles. The maximum atomic E-state index is 13.4. The second-order valence-corrected chi connectivity index (χ2v) is 10.4. The summed E-state index contributed by atoms with van der Waals surface area (Å²) in [5.41, 5.74) is 2.10. The van der Waals surface area contributed by atoms with Gasteiger partial charge in [-0.1, -0.05) is 35.5 Å². The van der Waals surface area contributed by atoms with Crippen LogP contribution in [-0.2, 0) is 16.1 Å².